The van der Waals surface area contributed by atoms with Gasteiger partial charge in [0.1, 0.15) is 5.75 Å². The van der Waals surface area contributed by atoms with Crippen LogP contribution in [0.25, 0.3) is 0 Å². The van der Waals surface area contributed by atoms with Crippen molar-refractivity contribution in [3.05, 3.63) is 29.3 Å². The molecule has 0 aliphatic heterocycles. The highest BCUT2D eigenvalue weighted by Crippen LogP contribution is 2.35. The molecule has 1 unspecified atom stereocenters. The Hall–Kier alpha value is -1.02. The second-order valence-electron chi connectivity index (χ2n) is 5.43. The van der Waals surface area contributed by atoms with Gasteiger partial charge in [-0.2, -0.15) is 0 Å². The molecule has 2 heteroatoms. The van der Waals surface area contributed by atoms with E-state index in [1.54, 1.807) is 7.11 Å². The van der Waals surface area contributed by atoms with Crippen molar-refractivity contribution >= 4 is 0 Å². The maximum absolute atomic E-state index is 10.5. The molecule has 0 saturated heterocycles. The predicted octanol–water partition coefficient (Wildman–Crippen LogP) is 4.01. The van der Waals surface area contributed by atoms with Gasteiger partial charge >= 0.3 is 0 Å². The average molecular weight is 248 g/mol. The lowest BCUT2D eigenvalue weighted by Gasteiger charge is -2.22. The summed E-state index contributed by atoms with van der Waals surface area (Å²) in [6, 6.07) is 6.06. The van der Waals surface area contributed by atoms with Gasteiger partial charge in [-0.1, -0.05) is 37.8 Å². The molecule has 0 amide bonds. The van der Waals surface area contributed by atoms with Crippen molar-refractivity contribution in [2.24, 2.45) is 5.92 Å². The maximum Gasteiger partial charge on any atom is 0.122 e. The predicted molar refractivity (Wildman–Crippen MR) is 73.9 cm³/mol. The number of rotatable bonds is 3. The summed E-state index contributed by atoms with van der Waals surface area (Å²) in [4.78, 5) is 0. The third-order valence-electron chi connectivity index (χ3n) is 4.12. The van der Waals surface area contributed by atoms with Crippen LogP contribution >= 0.6 is 0 Å². The first kappa shape index (κ1) is 13.4. The number of aryl methyl sites for hydroxylation is 1. The summed E-state index contributed by atoms with van der Waals surface area (Å²) in [6.07, 6.45) is 7.11. The van der Waals surface area contributed by atoms with E-state index in [-0.39, 0.29) is 6.10 Å². The SMILES string of the molecule is COc1cc(C(O)C2CCCCCC2)ccc1C. The molecule has 0 bridgehead atoms. The van der Waals surface area contributed by atoms with Gasteiger partial charge in [0, 0.05) is 0 Å². The van der Waals surface area contributed by atoms with Crippen LogP contribution < -0.4 is 4.74 Å². The molecule has 1 atom stereocenters. The highest BCUT2D eigenvalue weighted by molar-refractivity contribution is 5.37. The van der Waals surface area contributed by atoms with Crippen LogP contribution in [0.5, 0.6) is 5.75 Å². The molecule has 1 aromatic carbocycles. The zero-order valence-electron chi connectivity index (χ0n) is 11.5. The summed E-state index contributed by atoms with van der Waals surface area (Å²) < 4.78 is 5.34. The minimum absolute atomic E-state index is 0.336. The van der Waals surface area contributed by atoms with Crippen LogP contribution in [-0.4, -0.2) is 12.2 Å². The molecule has 2 nitrogen and oxygen atoms in total. The van der Waals surface area contributed by atoms with E-state index in [0.717, 1.165) is 29.7 Å². The number of methoxy groups -OCH3 is 1. The lowest BCUT2D eigenvalue weighted by Crippen LogP contribution is -2.12. The van der Waals surface area contributed by atoms with Gasteiger partial charge in [0.25, 0.3) is 0 Å². The molecule has 1 fully saturated rings. The van der Waals surface area contributed by atoms with E-state index in [2.05, 4.69) is 0 Å². The number of benzene rings is 1. The minimum atomic E-state index is -0.336. The Morgan fingerprint density at radius 2 is 1.83 bits per heavy atom. The second kappa shape index (κ2) is 6.24. The summed E-state index contributed by atoms with van der Waals surface area (Å²) in [5.41, 5.74) is 2.12. The first-order chi connectivity index (χ1) is 8.72. The van der Waals surface area contributed by atoms with Crippen molar-refractivity contribution in [2.45, 2.75) is 51.6 Å². The molecule has 0 spiro atoms. The zero-order valence-corrected chi connectivity index (χ0v) is 11.5. The van der Waals surface area contributed by atoms with E-state index >= 15 is 0 Å². The molecule has 1 saturated carbocycles. The monoisotopic (exact) mass is 248 g/mol. The summed E-state index contributed by atoms with van der Waals surface area (Å²) in [6.45, 7) is 2.03. The lowest BCUT2D eigenvalue weighted by molar-refractivity contribution is 0.0985. The first-order valence-electron chi connectivity index (χ1n) is 7.05. The van der Waals surface area contributed by atoms with Crippen LogP contribution in [0, 0.1) is 12.8 Å². The number of hydrogen-bond acceptors (Lipinski definition) is 2. The Labute approximate surface area is 110 Å². The van der Waals surface area contributed by atoms with Gasteiger partial charge in [-0.15, -0.1) is 0 Å². The molecule has 100 valence electrons. The van der Waals surface area contributed by atoms with Gasteiger partial charge in [0.05, 0.1) is 13.2 Å². The van der Waals surface area contributed by atoms with Crippen LogP contribution in [0.3, 0.4) is 0 Å². The van der Waals surface area contributed by atoms with E-state index < -0.39 is 0 Å². The molecular formula is C16H24O2. The topological polar surface area (TPSA) is 29.5 Å². The zero-order chi connectivity index (χ0) is 13.0. The van der Waals surface area contributed by atoms with Crippen molar-refractivity contribution in [1.82, 2.24) is 0 Å². The fraction of sp³-hybridized carbons (Fsp3) is 0.625. The summed E-state index contributed by atoms with van der Waals surface area (Å²) in [5.74, 6) is 1.29. The maximum atomic E-state index is 10.5. The summed E-state index contributed by atoms with van der Waals surface area (Å²) in [5, 5.41) is 10.5. The first-order valence-corrected chi connectivity index (χ1v) is 7.05. The molecule has 1 N–H and O–H groups in total. The fourth-order valence-electron chi connectivity index (χ4n) is 2.92. The largest absolute Gasteiger partial charge is 0.496 e. The summed E-state index contributed by atoms with van der Waals surface area (Å²) >= 11 is 0. The van der Waals surface area contributed by atoms with Gasteiger partial charge in [-0.05, 0) is 42.9 Å². The van der Waals surface area contributed by atoms with Crippen molar-refractivity contribution in [3.8, 4) is 5.75 Å². The fourth-order valence-corrected chi connectivity index (χ4v) is 2.92. The van der Waals surface area contributed by atoms with E-state index in [0.29, 0.717) is 5.92 Å². The highest BCUT2D eigenvalue weighted by atomic mass is 16.5. The normalized spacial score (nSPS) is 19.3. The van der Waals surface area contributed by atoms with Crippen molar-refractivity contribution in [2.75, 3.05) is 7.11 Å². The van der Waals surface area contributed by atoms with Gasteiger partial charge in [0.15, 0.2) is 0 Å². The van der Waals surface area contributed by atoms with Crippen LogP contribution in [0.4, 0.5) is 0 Å². The Kier molecular flexibility index (Phi) is 4.65. The molecule has 18 heavy (non-hydrogen) atoms. The molecule has 1 aliphatic rings. The highest BCUT2D eigenvalue weighted by Gasteiger charge is 2.22. The van der Waals surface area contributed by atoms with E-state index in [4.69, 9.17) is 4.74 Å². The number of aliphatic hydroxyl groups is 1. The molecule has 0 heterocycles. The van der Waals surface area contributed by atoms with Crippen LogP contribution in [0.15, 0.2) is 18.2 Å². The third-order valence-corrected chi connectivity index (χ3v) is 4.12. The van der Waals surface area contributed by atoms with E-state index in [1.165, 1.54) is 25.7 Å². The van der Waals surface area contributed by atoms with Gasteiger partial charge in [0.2, 0.25) is 0 Å². The van der Waals surface area contributed by atoms with E-state index in [9.17, 15) is 5.11 Å². The quantitative estimate of drug-likeness (QED) is 0.819. The van der Waals surface area contributed by atoms with Gasteiger partial charge < -0.3 is 9.84 Å². The molecule has 0 aromatic heterocycles. The van der Waals surface area contributed by atoms with Crippen molar-refractivity contribution in [3.63, 3.8) is 0 Å². The molecular weight excluding hydrogens is 224 g/mol. The Bertz CT molecular complexity index is 379. The van der Waals surface area contributed by atoms with Gasteiger partial charge in [-0.3, -0.25) is 0 Å². The third kappa shape index (κ3) is 3.05. The van der Waals surface area contributed by atoms with Crippen molar-refractivity contribution < 1.29 is 9.84 Å². The van der Waals surface area contributed by atoms with Crippen LogP contribution in [0.1, 0.15) is 55.8 Å². The van der Waals surface area contributed by atoms with Crippen LogP contribution in [-0.2, 0) is 0 Å². The minimum Gasteiger partial charge on any atom is -0.496 e. The molecule has 2 rings (SSSR count). The standard InChI is InChI=1S/C16H24O2/c1-12-9-10-14(11-15(12)18-2)16(17)13-7-5-3-4-6-8-13/h9-11,13,16-17H,3-8H2,1-2H3. The van der Waals surface area contributed by atoms with Crippen LogP contribution in [0.2, 0.25) is 0 Å². The number of hydrogen-bond donors (Lipinski definition) is 1. The van der Waals surface area contributed by atoms with Gasteiger partial charge in [-0.25, -0.2) is 0 Å². The Morgan fingerprint density at radius 1 is 1.17 bits per heavy atom. The Morgan fingerprint density at radius 3 is 2.44 bits per heavy atom. The molecule has 1 aromatic rings. The van der Waals surface area contributed by atoms with Crippen molar-refractivity contribution in [1.29, 1.82) is 0 Å². The number of aliphatic hydroxyl groups excluding tert-OH is 1. The summed E-state index contributed by atoms with van der Waals surface area (Å²) in [7, 11) is 1.68. The molecule has 1 aliphatic carbocycles. The van der Waals surface area contributed by atoms with E-state index in [1.807, 2.05) is 25.1 Å². The second-order valence-corrected chi connectivity index (χ2v) is 5.43. The smallest absolute Gasteiger partial charge is 0.122 e. The lowest BCUT2D eigenvalue weighted by atomic mass is 9.89. The average Bonchev–Trinajstić information content (AvgIpc) is 2.67. The molecule has 0 radical (unpaired) electrons. The Balaban J connectivity index is 2.13. The number of ether oxygens (including phenoxy) is 1.